The molecule has 4 heterocycles. The summed E-state index contributed by atoms with van der Waals surface area (Å²) in [6.45, 7) is 5.29. The van der Waals surface area contributed by atoms with Crippen LogP contribution < -0.4 is 20.7 Å². The minimum atomic E-state index is -0.702. The average Bonchev–Trinajstić information content (AvgIpc) is 3.37. The van der Waals surface area contributed by atoms with E-state index in [2.05, 4.69) is 15.4 Å². The smallest absolute Gasteiger partial charge is 0.252 e. The highest BCUT2D eigenvalue weighted by Gasteiger charge is 2.42. The van der Waals surface area contributed by atoms with Crippen molar-refractivity contribution in [1.82, 2.24) is 19.9 Å². The Labute approximate surface area is 191 Å². The number of aromatic nitrogens is 3. The Balaban J connectivity index is 1.97. The third kappa shape index (κ3) is 3.99. The van der Waals surface area contributed by atoms with Crippen LogP contribution >= 0.6 is 0 Å². The molecule has 10 nitrogen and oxygen atoms in total. The fourth-order valence-corrected chi connectivity index (χ4v) is 4.31. The van der Waals surface area contributed by atoms with Crippen LogP contribution in [0.5, 0.6) is 5.88 Å². The van der Waals surface area contributed by atoms with Gasteiger partial charge in [0.15, 0.2) is 0 Å². The number of carbonyl (C=O) groups is 2. The third-order valence-corrected chi connectivity index (χ3v) is 6.02. The number of hydrogen-bond donors (Lipinski definition) is 2. The van der Waals surface area contributed by atoms with E-state index < -0.39 is 11.8 Å². The molecule has 1 fully saturated rings. The molecule has 33 heavy (non-hydrogen) atoms. The van der Waals surface area contributed by atoms with Gasteiger partial charge in [-0.3, -0.25) is 9.59 Å². The largest absolute Gasteiger partial charge is 0.481 e. The summed E-state index contributed by atoms with van der Waals surface area (Å²) in [6, 6.07) is 7.10. The monoisotopic (exact) mass is 447 g/mol. The first kappa shape index (κ1) is 22.2. The van der Waals surface area contributed by atoms with Gasteiger partial charge in [0.05, 0.1) is 42.2 Å². The zero-order chi connectivity index (χ0) is 23.8. The maximum atomic E-state index is 13.3. The van der Waals surface area contributed by atoms with Gasteiger partial charge >= 0.3 is 0 Å². The van der Waals surface area contributed by atoms with Gasteiger partial charge in [-0.25, -0.2) is 9.50 Å². The molecule has 0 aliphatic carbocycles. The van der Waals surface area contributed by atoms with Crippen LogP contribution in [0.25, 0.3) is 16.6 Å². The Morgan fingerprint density at radius 1 is 1.39 bits per heavy atom. The summed E-state index contributed by atoms with van der Waals surface area (Å²) in [5.74, 6) is -0.645. The molecule has 1 atom stereocenters. The van der Waals surface area contributed by atoms with E-state index in [4.69, 9.17) is 10.5 Å². The molecule has 0 radical (unpaired) electrons. The van der Waals surface area contributed by atoms with Crippen molar-refractivity contribution in [3.05, 3.63) is 42.4 Å². The van der Waals surface area contributed by atoms with Crippen LogP contribution in [0.4, 0.5) is 5.69 Å². The molecule has 170 valence electrons. The van der Waals surface area contributed by atoms with E-state index in [1.165, 1.54) is 13.3 Å². The molecule has 2 amide bonds. The van der Waals surface area contributed by atoms with Crippen LogP contribution in [0.2, 0.25) is 0 Å². The van der Waals surface area contributed by atoms with Crippen molar-refractivity contribution in [1.29, 1.82) is 5.26 Å². The van der Waals surface area contributed by atoms with E-state index in [9.17, 15) is 14.9 Å². The van der Waals surface area contributed by atoms with E-state index in [1.807, 2.05) is 32.0 Å². The Hall–Kier alpha value is -3.97. The lowest BCUT2D eigenvalue weighted by Crippen LogP contribution is -2.49. The highest BCUT2D eigenvalue weighted by molar-refractivity contribution is 6.09. The quantitative estimate of drug-likeness (QED) is 0.587. The van der Waals surface area contributed by atoms with Crippen LogP contribution in [-0.4, -0.2) is 52.7 Å². The fourth-order valence-electron chi connectivity index (χ4n) is 4.31. The summed E-state index contributed by atoms with van der Waals surface area (Å²) in [5.41, 5.74) is 8.04. The van der Waals surface area contributed by atoms with E-state index >= 15 is 0 Å². The van der Waals surface area contributed by atoms with Gasteiger partial charge in [0.1, 0.15) is 6.42 Å². The topological polar surface area (TPSA) is 139 Å². The maximum Gasteiger partial charge on any atom is 0.252 e. The predicted molar refractivity (Wildman–Crippen MR) is 122 cm³/mol. The number of anilines is 1. The molecule has 0 bridgehead atoms. The molecule has 1 unspecified atom stereocenters. The van der Waals surface area contributed by atoms with Crippen molar-refractivity contribution in [3.8, 4) is 23.1 Å². The molecule has 1 aliphatic rings. The fraction of sp³-hybridized carbons (Fsp3) is 0.348. The van der Waals surface area contributed by atoms with Crippen LogP contribution in [0.15, 0.2) is 36.8 Å². The molecular weight excluding hydrogens is 422 g/mol. The maximum absolute atomic E-state index is 13.3. The van der Waals surface area contributed by atoms with Crippen LogP contribution in [0.3, 0.4) is 0 Å². The number of amides is 2. The molecule has 10 heteroatoms. The van der Waals surface area contributed by atoms with Gasteiger partial charge < -0.3 is 20.7 Å². The lowest BCUT2D eigenvalue weighted by molar-refractivity contribution is -0.118. The molecule has 0 spiro atoms. The Morgan fingerprint density at radius 2 is 2.18 bits per heavy atom. The van der Waals surface area contributed by atoms with E-state index in [1.54, 1.807) is 27.9 Å². The number of methoxy groups -OCH3 is 1. The number of nitriles is 1. The lowest BCUT2D eigenvalue weighted by Gasteiger charge is -2.37. The standard InChI is InChI=1S/C23H25N7O3/c1-23(2)13-26-11-18(23)30(20(31)4-6-24)21-16(22(25)32)10-28-29-12-15(8-17(21)29)14-5-7-27-19(9-14)33-3/h5,7-10,12,18,26H,4,11,13H2,1-3H3,(H2,25,32). The minimum Gasteiger partial charge on any atom is -0.481 e. The van der Waals surface area contributed by atoms with Crippen molar-refractivity contribution in [2.45, 2.75) is 26.3 Å². The first-order valence-corrected chi connectivity index (χ1v) is 10.5. The number of hydrogen-bond acceptors (Lipinski definition) is 7. The Kier molecular flexibility index (Phi) is 5.74. The van der Waals surface area contributed by atoms with Gasteiger partial charge in [0.2, 0.25) is 11.8 Å². The molecular formula is C23H25N7O3. The van der Waals surface area contributed by atoms with E-state index in [0.717, 1.165) is 11.1 Å². The third-order valence-electron chi connectivity index (χ3n) is 6.02. The summed E-state index contributed by atoms with van der Waals surface area (Å²) in [5, 5.41) is 16.9. The Bertz CT molecular complexity index is 1270. The number of fused-ring (bicyclic) bond motifs is 1. The highest BCUT2D eigenvalue weighted by atomic mass is 16.5. The van der Waals surface area contributed by atoms with Gasteiger partial charge in [0, 0.05) is 37.1 Å². The molecule has 3 aromatic rings. The minimum absolute atomic E-state index is 0.119. The van der Waals surface area contributed by atoms with Crippen molar-refractivity contribution in [3.63, 3.8) is 0 Å². The van der Waals surface area contributed by atoms with E-state index in [0.29, 0.717) is 30.2 Å². The van der Waals surface area contributed by atoms with Crippen molar-refractivity contribution < 1.29 is 14.3 Å². The summed E-state index contributed by atoms with van der Waals surface area (Å²) < 4.78 is 6.83. The lowest BCUT2D eigenvalue weighted by atomic mass is 9.86. The summed E-state index contributed by atoms with van der Waals surface area (Å²) in [6.07, 6.45) is 4.47. The number of nitrogens with one attached hydrogen (secondary N) is 1. The molecule has 3 N–H and O–H groups in total. The zero-order valence-electron chi connectivity index (χ0n) is 18.7. The van der Waals surface area contributed by atoms with Crippen molar-refractivity contribution >= 4 is 23.0 Å². The number of nitrogens with zero attached hydrogens (tertiary/aromatic N) is 5. The van der Waals surface area contributed by atoms with Crippen LogP contribution in [-0.2, 0) is 4.79 Å². The molecule has 1 aliphatic heterocycles. The van der Waals surface area contributed by atoms with Gasteiger partial charge in [-0.15, -0.1) is 0 Å². The number of rotatable bonds is 6. The molecule has 0 saturated carbocycles. The number of primary amides is 1. The van der Waals surface area contributed by atoms with Gasteiger partial charge in [-0.2, -0.15) is 10.4 Å². The molecule has 1 saturated heterocycles. The normalized spacial score (nSPS) is 17.0. The zero-order valence-corrected chi connectivity index (χ0v) is 18.7. The first-order valence-electron chi connectivity index (χ1n) is 10.5. The average molecular weight is 447 g/mol. The Morgan fingerprint density at radius 3 is 2.82 bits per heavy atom. The summed E-state index contributed by atoms with van der Waals surface area (Å²) in [4.78, 5) is 31.4. The van der Waals surface area contributed by atoms with Crippen LogP contribution in [0, 0.1) is 16.7 Å². The SMILES string of the molecule is COc1cc(-c2cc3c(N(C(=O)CC#N)C4CNCC4(C)C)c(C(N)=O)cnn3c2)ccn1. The number of ether oxygens (including phenoxy) is 1. The van der Waals surface area contributed by atoms with Gasteiger partial charge in [-0.05, 0) is 23.1 Å². The van der Waals surface area contributed by atoms with Crippen molar-refractivity contribution in [2.75, 3.05) is 25.1 Å². The molecule has 4 rings (SSSR count). The highest BCUT2D eigenvalue weighted by Crippen LogP contribution is 2.38. The van der Waals surface area contributed by atoms with E-state index in [-0.39, 0.29) is 23.4 Å². The number of pyridine rings is 1. The van der Waals surface area contributed by atoms with Gasteiger partial charge in [0.25, 0.3) is 5.91 Å². The first-order chi connectivity index (χ1) is 15.8. The number of nitrogens with two attached hydrogens (primary N) is 1. The summed E-state index contributed by atoms with van der Waals surface area (Å²) >= 11 is 0. The van der Waals surface area contributed by atoms with Crippen molar-refractivity contribution in [2.24, 2.45) is 11.1 Å². The summed E-state index contributed by atoms with van der Waals surface area (Å²) in [7, 11) is 1.54. The number of carbonyl (C=O) groups excluding carboxylic acids is 2. The van der Waals surface area contributed by atoms with Gasteiger partial charge in [-0.1, -0.05) is 13.8 Å². The second-order valence-electron chi connectivity index (χ2n) is 8.65. The van der Waals surface area contributed by atoms with Crippen LogP contribution in [0.1, 0.15) is 30.6 Å². The second kappa shape index (κ2) is 8.52. The molecule has 3 aromatic heterocycles. The second-order valence-corrected chi connectivity index (χ2v) is 8.65. The molecule has 0 aromatic carbocycles. The predicted octanol–water partition coefficient (Wildman–Crippen LogP) is 1.75.